The van der Waals surface area contributed by atoms with Gasteiger partial charge in [-0.25, -0.2) is 0 Å². The summed E-state index contributed by atoms with van der Waals surface area (Å²) in [6.45, 7) is 4.12. The average Bonchev–Trinajstić information content (AvgIpc) is 2.41. The molecule has 1 aliphatic carbocycles. The predicted molar refractivity (Wildman–Crippen MR) is 60.7 cm³/mol. The number of nitrogens with one attached hydrogen (secondary N) is 1. The Bertz CT molecular complexity index is 184. The minimum absolute atomic E-state index is 0.00608. The molecule has 3 heteroatoms. The zero-order chi connectivity index (χ0) is 11.1. The van der Waals surface area contributed by atoms with Crippen LogP contribution in [0.2, 0.25) is 0 Å². The lowest BCUT2D eigenvalue weighted by Gasteiger charge is -2.16. The number of esters is 1. The van der Waals surface area contributed by atoms with Crippen LogP contribution in [-0.2, 0) is 9.53 Å². The lowest BCUT2D eigenvalue weighted by Crippen LogP contribution is -2.34. The molecule has 1 aliphatic rings. The van der Waals surface area contributed by atoms with Gasteiger partial charge in [-0.1, -0.05) is 25.7 Å². The van der Waals surface area contributed by atoms with Crippen LogP contribution < -0.4 is 5.32 Å². The molecule has 1 rings (SSSR count). The van der Waals surface area contributed by atoms with E-state index in [2.05, 4.69) is 5.32 Å². The Labute approximate surface area is 92.6 Å². The fraction of sp³-hybridized carbons (Fsp3) is 0.917. The highest BCUT2D eigenvalue weighted by Crippen LogP contribution is 2.16. The van der Waals surface area contributed by atoms with Crippen LogP contribution in [0.3, 0.4) is 0 Å². The topological polar surface area (TPSA) is 38.3 Å². The number of hydrogen-bond donors (Lipinski definition) is 1. The first kappa shape index (κ1) is 12.5. The molecule has 15 heavy (non-hydrogen) atoms. The molecule has 0 amide bonds. The summed E-state index contributed by atoms with van der Waals surface area (Å²) in [5.41, 5.74) is 0. The fourth-order valence-corrected chi connectivity index (χ4v) is 2.02. The smallest absolute Gasteiger partial charge is 0.320 e. The van der Waals surface area contributed by atoms with Gasteiger partial charge in [-0.05, 0) is 26.7 Å². The number of rotatable bonds is 4. The molecule has 0 radical (unpaired) electrons. The summed E-state index contributed by atoms with van der Waals surface area (Å²) < 4.78 is 5.07. The first-order valence-corrected chi connectivity index (χ1v) is 6.11. The van der Waals surface area contributed by atoms with E-state index in [-0.39, 0.29) is 12.1 Å². The summed E-state index contributed by atoms with van der Waals surface area (Å²) in [5, 5.41) is 3.29. The molecule has 0 spiro atoms. The summed E-state index contributed by atoms with van der Waals surface area (Å²) in [5.74, 6) is -0.130. The Morgan fingerprint density at radius 1 is 1.27 bits per heavy atom. The van der Waals surface area contributed by atoms with Gasteiger partial charge in [0.2, 0.25) is 0 Å². The number of carbonyl (C=O) groups excluding carboxylic acids is 1. The molecule has 88 valence electrons. The Morgan fingerprint density at radius 3 is 2.40 bits per heavy atom. The zero-order valence-corrected chi connectivity index (χ0v) is 9.92. The van der Waals surface area contributed by atoms with Crippen molar-refractivity contribution in [3.8, 4) is 0 Å². The van der Waals surface area contributed by atoms with Crippen molar-refractivity contribution in [2.24, 2.45) is 0 Å². The van der Waals surface area contributed by atoms with Crippen LogP contribution in [0.1, 0.15) is 52.4 Å². The van der Waals surface area contributed by atoms with Crippen molar-refractivity contribution in [3.63, 3.8) is 0 Å². The van der Waals surface area contributed by atoms with Crippen LogP contribution >= 0.6 is 0 Å². The summed E-state index contributed by atoms with van der Waals surface area (Å²) in [6.07, 6.45) is 7.66. The highest BCUT2D eigenvalue weighted by molar-refractivity contribution is 5.71. The summed E-state index contributed by atoms with van der Waals surface area (Å²) in [7, 11) is 0. The molecule has 0 unspecified atom stereocenters. The van der Waals surface area contributed by atoms with E-state index in [1.165, 1.54) is 38.5 Å². The summed E-state index contributed by atoms with van der Waals surface area (Å²) in [6, 6.07) is 0.521. The number of carbonyl (C=O) groups is 1. The van der Waals surface area contributed by atoms with E-state index in [0.29, 0.717) is 12.6 Å². The molecule has 0 saturated heterocycles. The van der Waals surface area contributed by atoms with Gasteiger partial charge in [0.15, 0.2) is 0 Å². The largest absolute Gasteiger partial charge is 0.462 e. The predicted octanol–water partition coefficient (Wildman–Crippen LogP) is 2.25. The lowest BCUT2D eigenvalue weighted by atomic mass is 10.1. The molecule has 1 fully saturated rings. The first-order valence-electron chi connectivity index (χ1n) is 6.11. The molecular weight excluding hydrogens is 190 g/mol. The van der Waals surface area contributed by atoms with Crippen molar-refractivity contribution in [1.82, 2.24) is 5.32 Å². The highest BCUT2D eigenvalue weighted by Gasteiger charge is 2.13. The standard InChI is InChI=1S/C12H23NO2/c1-10(2)15-12(14)9-13-11-7-5-3-4-6-8-11/h10-11,13H,3-9H2,1-2H3. The lowest BCUT2D eigenvalue weighted by molar-refractivity contribution is -0.146. The maximum absolute atomic E-state index is 11.3. The molecule has 0 atom stereocenters. The maximum atomic E-state index is 11.3. The molecule has 0 bridgehead atoms. The van der Waals surface area contributed by atoms with Gasteiger partial charge in [0.05, 0.1) is 12.6 Å². The third-order valence-corrected chi connectivity index (χ3v) is 2.76. The second-order valence-corrected chi connectivity index (χ2v) is 4.61. The fourth-order valence-electron chi connectivity index (χ4n) is 2.02. The van der Waals surface area contributed by atoms with E-state index in [1.807, 2.05) is 13.8 Å². The summed E-state index contributed by atoms with van der Waals surface area (Å²) >= 11 is 0. The van der Waals surface area contributed by atoms with Crippen molar-refractivity contribution in [1.29, 1.82) is 0 Å². The molecule has 0 aromatic carbocycles. The SMILES string of the molecule is CC(C)OC(=O)CNC1CCCCCC1. The van der Waals surface area contributed by atoms with E-state index < -0.39 is 0 Å². The quantitative estimate of drug-likeness (QED) is 0.575. The highest BCUT2D eigenvalue weighted by atomic mass is 16.5. The van der Waals surface area contributed by atoms with Crippen LogP contribution in [0.4, 0.5) is 0 Å². The Hall–Kier alpha value is -0.570. The van der Waals surface area contributed by atoms with Crippen molar-refractivity contribution >= 4 is 5.97 Å². The Morgan fingerprint density at radius 2 is 1.87 bits per heavy atom. The van der Waals surface area contributed by atoms with E-state index in [1.54, 1.807) is 0 Å². The molecule has 0 aromatic heterocycles. The van der Waals surface area contributed by atoms with Gasteiger partial charge in [0, 0.05) is 6.04 Å². The van der Waals surface area contributed by atoms with Gasteiger partial charge in [-0.15, -0.1) is 0 Å². The van der Waals surface area contributed by atoms with Crippen molar-refractivity contribution < 1.29 is 9.53 Å². The van der Waals surface area contributed by atoms with E-state index >= 15 is 0 Å². The van der Waals surface area contributed by atoms with E-state index in [0.717, 1.165) is 0 Å². The van der Waals surface area contributed by atoms with Gasteiger partial charge in [-0.3, -0.25) is 4.79 Å². The van der Waals surface area contributed by atoms with Crippen LogP contribution in [0.15, 0.2) is 0 Å². The van der Waals surface area contributed by atoms with E-state index in [4.69, 9.17) is 4.74 Å². The minimum Gasteiger partial charge on any atom is -0.462 e. The zero-order valence-electron chi connectivity index (χ0n) is 9.92. The van der Waals surface area contributed by atoms with Gasteiger partial charge in [0.25, 0.3) is 0 Å². The van der Waals surface area contributed by atoms with Gasteiger partial charge >= 0.3 is 5.97 Å². The third-order valence-electron chi connectivity index (χ3n) is 2.76. The maximum Gasteiger partial charge on any atom is 0.320 e. The van der Waals surface area contributed by atoms with Crippen molar-refractivity contribution in [2.45, 2.75) is 64.5 Å². The third kappa shape index (κ3) is 5.78. The summed E-state index contributed by atoms with van der Waals surface area (Å²) in [4.78, 5) is 11.3. The Balaban J connectivity index is 2.14. The average molecular weight is 213 g/mol. The second-order valence-electron chi connectivity index (χ2n) is 4.61. The first-order chi connectivity index (χ1) is 7.18. The van der Waals surface area contributed by atoms with E-state index in [9.17, 15) is 4.79 Å². The second kappa shape index (κ2) is 6.83. The molecule has 3 nitrogen and oxygen atoms in total. The molecule has 0 aromatic rings. The minimum atomic E-state index is -0.130. The molecule has 0 heterocycles. The molecule has 0 aliphatic heterocycles. The normalized spacial score (nSPS) is 18.9. The number of hydrogen-bond acceptors (Lipinski definition) is 3. The van der Waals surface area contributed by atoms with Crippen LogP contribution in [0.25, 0.3) is 0 Å². The van der Waals surface area contributed by atoms with Gasteiger partial charge < -0.3 is 10.1 Å². The van der Waals surface area contributed by atoms with Gasteiger partial charge in [0.1, 0.15) is 0 Å². The van der Waals surface area contributed by atoms with Crippen molar-refractivity contribution in [2.75, 3.05) is 6.54 Å². The number of ether oxygens (including phenoxy) is 1. The molecule has 1 N–H and O–H groups in total. The van der Waals surface area contributed by atoms with Crippen molar-refractivity contribution in [3.05, 3.63) is 0 Å². The van der Waals surface area contributed by atoms with Crippen LogP contribution in [-0.4, -0.2) is 24.7 Å². The van der Waals surface area contributed by atoms with Crippen LogP contribution in [0, 0.1) is 0 Å². The van der Waals surface area contributed by atoms with Crippen LogP contribution in [0.5, 0.6) is 0 Å². The molecular formula is C12H23NO2. The molecule has 1 saturated carbocycles. The van der Waals surface area contributed by atoms with Gasteiger partial charge in [-0.2, -0.15) is 0 Å². The Kier molecular flexibility index (Phi) is 5.69. The monoisotopic (exact) mass is 213 g/mol.